The van der Waals surface area contributed by atoms with E-state index in [1.165, 1.54) is 10.5 Å². The monoisotopic (exact) mass is 340 g/mol. The summed E-state index contributed by atoms with van der Waals surface area (Å²) in [5, 5.41) is 0. The van der Waals surface area contributed by atoms with Gasteiger partial charge in [0.1, 0.15) is 5.75 Å². The summed E-state index contributed by atoms with van der Waals surface area (Å²) in [6, 6.07) is 8.47. The molecular weight excluding hydrogens is 316 g/mol. The van der Waals surface area contributed by atoms with Crippen LogP contribution < -0.4 is 4.74 Å². The fourth-order valence-electron chi connectivity index (χ4n) is 3.89. The summed E-state index contributed by atoms with van der Waals surface area (Å²) in [4.78, 5) is 29.2. The number of nitrogens with zero attached hydrogens (tertiary/aromatic N) is 2. The van der Waals surface area contributed by atoms with Crippen molar-refractivity contribution in [3.63, 3.8) is 0 Å². The number of amides is 2. The summed E-state index contributed by atoms with van der Waals surface area (Å²) in [5.41, 5.74) is 1.17. The van der Waals surface area contributed by atoms with E-state index in [0.29, 0.717) is 25.6 Å². The van der Waals surface area contributed by atoms with E-state index in [-0.39, 0.29) is 23.7 Å². The van der Waals surface area contributed by atoms with E-state index in [9.17, 15) is 9.59 Å². The van der Waals surface area contributed by atoms with Gasteiger partial charge in [-0.15, -0.1) is 0 Å². The number of benzene rings is 1. The van der Waals surface area contributed by atoms with Crippen molar-refractivity contribution in [2.45, 2.75) is 38.3 Å². The van der Waals surface area contributed by atoms with Crippen molar-refractivity contribution in [3.8, 4) is 5.75 Å². The molecule has 0 unspecified atom stereocenters. The maximum atomic E-state index is 12.7. The lowest BCUT2D eigenvalue weighted by Gasteiger charge is -2.27. The quantitative estimate of drug-likeness (QED) is 0.590. The fourth-order valence-corrected chi connectivity index (χ4v) is 3.89. The average Bonchev–Trinajstić information content (AvgIpc) is 3.46. The second kappa shape index (κ2) is 6.64. The molecule has 2 fully saturated rings. The van der Waals surface area contributed by atoms with Crippen LogP contribution in [0.25, 0.3) is 0 Å². The summed E-state index contributed by atoms with van der Waals surface area (Å²) in [6.45, 7) is 1.17. The summed E-state index contributed by atoms with van der Waals surface area (Å²) in [5.74, 6) is 0.585. The molecule has 0 spiro atoms. The Bertz CT molecular complexity index is 667. The van der Waals surface area contributed by atoms with Crippen molar-refractivity contribution in [1.29, 1.82) is 0 Å². The Kier molecular flexibility index (Phi) is 4.34. The maximum Gasteiger partial charge on any atom is 0.234 e. The molecule has 0 bridgehead atoms. The van der Waals surface area contributed by atoms with Crippen LogP contribution in [0.5, 0.6) is 5.75 Å². The summed E-state index contributed by atoms with van der Waals surface area (Å²) < 4.78 is 5.21. The van der Waals surface area contributed by atoms with Gasteiger partial charge < -0.3 is 4.74 Å². The Morgan fingerprint density at radius 3 is 2.16 bits per heavy atom. The van der Waals surface area contributed by atoms with Crippen molar-refractivity contribution in [2.24, 2.45) is 11.8 Å². The second-order valence-corrected chi connectivity index (χ2v) is 7.23. The number of carbonyl (C=O) groups excluding carboxylic acids is 2. The molecule has 2 aliphatic carbocycles. The summed E-state index contributed by atoms with van der Waals surface area (Å²) >= 11 is 0. The molecule has 3 aliphatic rings. The first kappa shape index (κ1) is 16.3. The Morgan fingerprint density at radius 2 is 1.64 bits per heavy atom. The zero-order valence-electron chi connectivity index (χ0n) is 14.6. The van der Waals surface area contributed by atoms with Crippen LogP contribution in [0.1, 0.15) is 31.2 Å². The smallest absolute Gasteiger partial charge is 0.234 e. The molecule has 0 aromatic heterocycles. The third kappa shape index (κ3) is 3.21. The summed E-state index contributed by atoms with van der Waals surface area (Å²) in [7, 11) is 1.66. The predicted molar refractivity (Wildman–Crippen MR) is 93.6 cm³/mol. The van der Waals surface area contributed by atoms with E-state index in [4.69, 9.17) is 4.74 Å². The first-order valence-corrected chi connectivity index (χ1v) is 9.04. The molecule has 0 radical (unpaired) electrons. The molecule has 5 nitrogen and oxygen atoms in total. The molecule has 5 heteroatoms. The van der Waals surface area contributed by atoms with Gasteiger partial charge in [0, 0.05) is 12.6 Å². The van der Waals surface area contributed by atoms with Crippen LogP contribution in [0, 0.1) is 11.8 Å². The van der Waals surface area contributed by atoms with Crippen molar-refractivity contribution in [1.82, 2.24) is 9.80 Å². The average molecular weight is 340 g/mol. The predicted octanol–water partition coefficient (Wildman–Crippen LogP) is 2.57. The molecule has 1 aromatic rings. The van der Waals surface area contributed by atoms with Gasteiger partial charge in [0.2, 0.25) is 11.8 Å². The standard InChI is InChI=1S/C20H24N2O3/c1-25-16-10-6-14(7-11-16)12-21(15-8-9-15)13-22-19(23)17-4-2-3-5-18(17)20(22)24/h2-3,6-7,10-11,15,17-18H,4-5,8-9,12-13H2,1H3/t17-,18-/m0/s1. The minimum Gasteiger partial charge on any atom is -0.497 e. The normalized spacial score (nSPS) is 25.6. The Morgan fingerprint density at radius 1 is 1.04 bits per heavy atom. The van der Waals surface area contributed by atoms with Crippen molar-refractivity contribution in [2.75, 3.05) is 13.8 Å². The van der Waals surface area contributed by atoms with Crippen LogP contribution in [0.4, 0.5) is 0 Å². The van der Waals surface area contributed by atoms with Crippen LogP contribution >= 0.6 is 0 Å². The molecule has 1 saturated heterocycles. The van der Waals surface area contributed by atoms with Gasteiger partial charge in [0.15, 0.2) is 0 Å². The van der Waals surface area contributed by atoms with E-state index < -0.39 is 0 Å². The zero-order valence-corrected chi connectivity index (χ0v) is 14.6. The number of methoxy groups -OCH3 is 1. The molecule has 1 saturated carbocycles. The van der Waals surface area contributed by atoms with Crippen molar-refractivity contribution >= 4 is 11.8 Å². The Labute approximate surface area is 148 Å². The van der Waals surface area contributed by atoms with Crippen molar-refractivity contribution < 1.29 is 14.3 Å². The molecule has 25 heavy (non-hydrogen) atoms. The van der Waals surface area contributed by atoms with Crippen molar-refractivity contribution in [3.05, 3.63) is 42.0 Å². The molecule has 1 aliphatic heterocycles. The SMILES string of the molecule is COc1ccc(CN(CN2C(=O)[C@H]3CC=CC[C@@H]3C2=O)C2CC2)cc1. The van der Waals surface area contributed by atoms with Gasteiger partial charge in [-0.05, 0) is 43.4 Å². The highest BCUT2D eigenvalue weighted by Gasteiger charge is 2.48. The zero-order chi connectivity index (χ0) is 17.4. The molecule has 132 valence electrons. The number of rotatable bonds is 6. The van der Waals surface area contributed by atoms with E-state index in [1.54, 1.807) is 7.11 Å². The maximum absolute atomic E-state index is 12.7. The third-order valence-electron chi connectivity index (χ3n) is 5.53. The highest BCUT2D eigenvalue weighted by Crippen LogP contribution is 2.36. The lowest BCUT2D eigenvalue weighted by molar-refractivity contribution is -0.142. The first-order valence-electron chi connectivity index (χ1n) is 9.04. The number of hydrogen-bond acceptors (Lipinski definition) is 4. The number of allylic oxidation sites excluding steroid dienone is 2. The Hall–Kier alpha value is -2.14. The molecule has 2 amide bonds. The Balaban J connectivity index is 1.46. The fraction of sp³-hybridized carbons (Fsp3) is 0.500. The van der Waals surface area contributed by atoms with E-state index >= 15 is 0 Å². The van der Waals surface area contributed by atoms with E-state index in [1.807, 2.05) is 36.4 Å². The largest absolute Gasteiger partial charge is 0.497 e. The van der Waals surface area contributed by atoms with Gasteiger partial charge >= 0.3 is 0 Å². The highest BCUT2D eigenvalue weighted by atomic mass is 16.5. The van der Waals surface area contributed by atoms with E-state index in [0.717, 1.165) is 25.1 Å². The van der Waals surface area contributed by atoms with Crippen LogP contribution in [0.2, 0.25) is 0 Å². The number of fused-ring (bicyclic) bond motifs is 1. The molecule has 1 aromatic carbocycles. The number of ether oxygens (including phenoxy) is 1. The molecule has 2 atom stereocenters. The minimum absolute atomic E-state index is 0.0136. The van der Waals surface area contributed by atoms with E-state index in [2.05, 4.69) is 4.90 Å². The lowest BCUT2D eigenvalue weighted by atomic mass is 9.85. The van der Waals surface area contributed by atoms with Gasteiger partial charge in [-0.3, -0.25) is 19.4 Å². The number of likely N-dealkylation sites (tertiary alicyclic amines) is 1. The molecule has 4 rings (SSSR count). The van der Waals surface area contributed by atoms with Gasteiger partial charge in [-0.25, -0.2) is 0 Å². The van der Waals surface area contributed by atoms with Crippen LogP contribution in [0.15, 0.2) is 36.4 Å². The minimum atomic E-state index is -0.139. The third-order valence-corrected chi connectivity index (χ3v) is 5.53. The van der Waals surface area contributed by atoms with Gasteiger partial charge in [0.25, 0.3) is 0 Å². The second-order valence-electron chi connectivity index (χ2n) is 7.23. The molecule has 1 heterocycles. The van der Waals surface area contributed by atoms with Gasteiger partial charge in [0.05, 0.1) is 25.6 Å². The van der Waals surface area contributed by atoms with Crippen LogP contribution in [-0.2, 0) is 16.1 Å². The number of carbonyl (C=O) groups is 2. The van der Waals surface area contributed by atoms with Crippen LogP contribution in [0.3, 0.4) is 0 Å². The highest BCUT2D eigenvalue weighted by molar-refractivity contribution is 6.05. The number of hydrogen-bond donors (Lipinski definition) is 0. The van der Waals surface area contributed by atoms with Gasteiger partial charge in [-0.1, -0.05) is 24.3 Å². The van der Waals surface area contributed by atoms with Crippen LogP contribution in [-0.4, -0.2) is 41.4 Å². The molecule has 0 N–H and O–H groups in total. The molecular formula is C20H24N2O3. The first-order chi connectivity index (χ1) is 12.2. The van der Waals surface area contributed by atoms with Gasteiger partial charge in [-0.2, -0.15) is 0 Å². The number of imide groups is 1. The summed E-state index contributed by atoms with van der Waals surface area (Å²) in [6.07, 6.45) is 7.75. The topological polar surface area (TPSA) is 49.9 Å². The lowest BCUT2D eigenvalue weighted by Crippen LogP contribution is -2.42.